The zero-order valence-electron chi connectivity index (χ0n) is 17.1. The number of anilines is 2. The van der Waals surface area contributed by atoms with Gasteiger partial charge in [0.15, 0.2) is 12.9 Å². The Morgan fingerprint density at radius 2 is 1.87 bits per heavy atom. The first-order valence-corrected chi connectivity index (χ1v) is 9.06. The van der Waals surface area contributed by atoms with E-state index in [0.717, 1.165) is 5.56 Å². The second-order valence-corrected chi connectivity index (χ2v) is 6.10. The molecule has 0 aromatic heterocycles. The number of methoxy groups -OCH3 is 2. The Labute approximate surface area is 175 Å². The van der Waals surface area contributed by atoms with Crippen LogP contribution in [0.4, 0.5) is 21.0 Å². The Morgan fingerprint density at radius 1 is 1.13 bits per heavy atom. The Morgan fingerprint density at radius 3 is 2.53 bits per heavy atom. The molecule has 0 aliphatic carbocycles. The molecule has 0 unspecified atom stereocenters. The lowest BCUT2D eigenvalue weighted by Crippen LogP contribution is -2.41. The van der Waals surface area contributed by atoms with Crippen LogP contribution in [0, 0.1) is 19.3 Å². The molecule has 1 N–H and O–H groups in total. The van der Waals surface area contributed by atoms with Gasteiger partial charge in [0.1, 0.15) is 5.75 Å². The van der Waals surface area contributed by atoms with Crippen LogP contribution < -0.4 is 15.0 Å². The number of carbonyl (C=O) groups is 2. The molecule has 0 fully saturated rings. The minimum absolute atomic E-state index is 0.118. The van der Waals surface area contributed by atoms with Crippen molar-refractivity contribution in [3.63, 3.8) is 0 Å². The lowest BCUT2D eigenvalue weighted by atomic mass is 10.2. The van der Waals surface area contributed by atoms with Gasteiger partial charge in [-0.1, -0.05) is 30.2 Å². The minimum atomic E-state index is -0.707. The molecule has 158 valence electrons. The first-order valence-electron chi connectivity index (χ1n) is 9.06. The van der Waals surface area contributed by atoms with Crippen molar-refractivity contribution in [2.75, 3.05) is 37.6 Å². The average Bonchev–Trinajstić information content (AvgIpc) is 2.74. The molecule has 0 bridgehead atoms. The SMILES string of the molecule is C#CCOC(=O)Nc1cccc(OC(=O)N(CC(OC)OC)c2ccccc2C)c1. The molecule has 0 saturated heterocycles. The Kier molecular flexibility index (Phi) is 8.69. The van der Waals surface area contributed by atoms with Gasteiger partial charge in [-0.05, 0) is 30.7 Å². The molecule has 0 atom stereocenters. The van der Waals surface area contributed by atoms with Crippen molar-refractivity contribution in [3.8, 4) is 18.1 Å². The highest BCUT2D eigenvalue weighted by atomic mass is 16.7. The lowest BCUT2D eigenvalue weighted by molar-refractivity contribution is -0.0943. The fourth-order valence-corrected chi connectivity index (χ4v) is 2.59. The molecule has 0 spiro atoms. The maximum atomic E-state index is 13.0. The molecule has 2 amide bonds. The van der Waals surface area contributed by atoms with E-state index in [9.17, 15) is 9.59 Å². The molecule has 8 heteroatoms. The molecule has 0 aliphatic rings. The van der Waals surface area contributed by atoms with Gasteiger partial charge in [0.2, 0.25) is 0 Å². The highest BCUT2D eigenvalue weighted by Crippen LogP contribution is 2.24. The normalized spacial score (nSPS) is 10.2. The van der Waals surface area contributed by atoms with E-state index in [4.69, 9.17) is 25.4 Å². The third-order valence-corrected chi connectivity index (χ3v) is 4.06. The first kappa shape index (κ1) is 22.7. The quantitative estimate of drug-likeness (QED) is 0.524. The summed E-state index contributed by atoms with van der Waals surface area (Å²) >= 11 is 0. The number of amides is 2. The largest absolute Gasteiger partial charge is 0.436 e. The van der Waals surface area contributed by atoms with Crippen molar-refractivity contribution in [2.24, 2.45) is 0 Å². The maximum absolute atomic E-state index is 13.0. The minimum Gasteiger partial charge on any atom is -0.436 e. The highest BCUT2D eigenvalue weighted by Gasteiger charge is 2.24. The number of rotatable bonds is 8. The summed E-state index contributed by atoms with van der Waals surface area (Å²) in [6.45, 7) is 1.86. The van der Waals surface area contributed by atoms with Gasteiger partial charge in [0, 0.05) is 26.0 Å². The number of hydrogen-bond donors (Lipinski definition) is 1. The van der Waals surface area contributed by atoms with Gasteiger partial charge in [-0.25, -0.2) is 9.59 Å². The van der Waals surface area contributed by atoms with Crippen LogP contribution in [0.5, 0.6) is 5.75 Å². The summed E-state index contributed by atoms with van der Waals surface area (Å²) in [5.41, 5.74) is 1.93. The molecular formula is C22H24N2O6. The molecule has 2 rings (SSSR count). The van der Waals surface area contributed by atoms with Gasteiger partial charge in [0.05, 0.1) is 12.2 Å². The third kappa shape index (κ3) is 6.51. The molecule has 2 aromatic carbocycles. The van der Waals surface area contributed by atoms with Gasteiger partial charge < -0.3 is 18.9 Å². The summed E-state index contributed by atoms with van der Waals surface area (Å²) in [4.78, 5) is 26.0. The van der Waals surface area contributed by atoms with Gasteiger partial charge in [-0.15, -0.1) is 6.42 Å². The van der Waals surface area contributed by atoms with Gasteiger partial charge >= 0.3 is 12.2 Å². The Hall–Kier alpha value is -3.54. The van der Waals surface area contributed by atoms with E-state index >= 15 is 0 Å². The number of nitrogens with zero attached hydrogens (tertiary/aromatic N) is 1. The number of ether oxygens (including phenoxy) is 4. The number of para-hydroxylation sites is 1. The van der Waals surface area contributed by atoms with Crippen LogP contribution >= 0.6 is 0 Å². The number of terminal acetylenes is 1. The number of benzene rings is 2. The van der Waals surface area contributed by atoms with Crippen LogP contribution in [-0.4, -0.2) is 45.8 Å². The van der Waals surface area contributed by atoms with Crippen molar-refractivity contribution >= 4 is 23.6 Å². The molecule has 2 aromatic rings. The topological polar surface area (TPSA) is 86.3 Å². The molecule has 8 nitrogen and oxygen atoms in total. The number of hydrogen-bond acceptors (Lipinski definition) is 6. The van der Waals surface area contributed by atoms with Gasteiger partial charge in [-0.2, -0.15) is 0 Å². The van der Waals surface area contributed by atoms with E-state index in [-0.39, 0.29) is 18.9 Å². The fraction of sp³-hybridized carbons (Fsp3) is 0.273. The van der Waals surface area contributed by atoms with Crippen LogP contribution in [0.15, 0.2) is 48.5 Å². The van der Waals surface area contributed by atoms with Gasteiger partial charge in [-0.3, -0.25) is 10.2 Å². The van der Waals surface area contributed by atoms with E-state index in [2.05, 4.69) is 11.2 Å². The third-order valence-electron chi connectivity index (χ3n) is 4.06. The summed E-state index contributed by atoms with van der Waals surface area (Å²) in [5, 5.41) is 2.51. The van der Waals surface area contributed by atoms with Crippen LogP contribution in [0.3, 0.4) is 0 Å². The van der Waals surface area contributed by atoms with Crippen molar-refractivity contribution in [1.82, 2.24) is 0 Å². The average molecular weight is 412 g/mol. The number of carbonyl (C=O) groups excluding carboxylic acids is 2. The second-order valence-electron chi connectivity index (χ2n) is 6.10. The predicted octanol–water partition coefficient (Wildman–Crippen LogP) is 3.80. The van der Waals surface area contributed by atoms with E-state index in [1.165, 1.54) is 25.2 Å². The standard InChI is InChI=1S/C22H24N2O6/c1-5-13-29-21(25)23-17-10-8-11-18(14-17)30-22(26)24(15-20(27-3)28-4)19-12-7-6-9-16(19)2/h1,6-12,14,20H,13,15H2,2-4H3,(H,23,25). The maximum Gasteiger partial charge on any atom is 0.419 e. The fourth-order valence-electron chi connectivity index (χ4n) is 2.59. The van der Waals surface area contributed by atoms with Crippen molar-refractivity contribution in [1.29, 1.82) is 0 Å². The Bertz CT molecular complexity index is 904. The van der Waals surface area contributed by atoms with E-state index in [0.29, 0.717) is 11.4 Å². The van der Waals surface area contributed by atoms with Crippen LogP contribution in [-0.2, 0) is 14.2 Å². The molecule has 0 heterocycles. The van der Waals surface area contributed by atoms with E-state index in [1.54, 1.807) is 24.3 Å². The first-order chi connectivity index (χ1) is 14.5. The summed E-state index contributed by atoms with van der Waals surface area (Å²) in [5.74, 6) is 2.44. The molecule has 0 saturated carbocycles. The van der Waals surface area contributed by atoms with Crippen LogP contribution in [0.25, 0.3) is 0 Å². The van der Waals surface area contributed by atoms with E-state index < -0.39 is 18.5 Å². The zero-order valence-corrected chi connectivity index (χ0v) is 17.1. The summed E-state index contributed by atoms with van der Waals surface area (Å²) in [6.07, 6.45) is 3.08. The van der Waals surface area contributed by atoms with Crippen LogP contribution in [0.2, 0.25) is 0 Å². The number of nitrogens with one attached hydrogen (secondary N) is 1. The second kappa shape index (κ2) is 11.5. The highest BCUT2D eigenvalue weighted by molar-refractivity contribution is 5.90. The molecule has 0 radical (unpaired) electrons. The molecular weight excluding hydrogens is 388 g/mol. The van der Waals surface area contributed by atoms with E-state index in [1.807, 2.05) is 25.1 Å². The number of aryl methyl sites for hydroxylation is 1. The Balaban J connectivity index is 2.19. The lowest BCUT2D eigenvalue weighted by Gasteiger charge is -2.27. The van der Waals surface area contributed by atoms with Crippen molar-refractivity contribution in [3.05, 3.63) is 54.1 Å². The summed E-state index contributed by atoms with van der Waals surface area (Å²) < 4.78 is 20.8. The monoisotopic (exact) mass is 412 g/mol. The smallest absolute Gasteiger partial charge is 0.419 e. The molecule has 30 heavy (non-hydrogen) atoms. The summed E-state index contributed by atoms with van der Waals surface area (Å²) in [7, 11) is 2.98. The summed E-state index contributed by atoms with van der Waals surface area (Å²) in [6, 6.07) is 13.7. The molecule has 0 aliphatic heterocycles. The van der Waals surface area contributed by atoms with Gasteiger partial charge in [0.25, 0.3) is 0 Å². The van der Waals surface area contributed by atoms with Crippen molar-refractivity contribution < 1.29 is 28.5 Å². The predicted molar refractivity (Wildman–Crippen MR) is 113 cm³/mol. The zero-order chi connectivity index (χ0) is 21.9. The van der Waals surface area contributed by atoms with Crippen LogP contribution in [0.1, 0.15) is 5.56 Å². The van der Waals surface area contributed by atoms with Crippen molar-refractivity contribution in [2.45, 2.75) is 13.2 Å².